The maximum atomic E-state index is 12.6. The Labute approximate surface area is 108 Å². The fourth-order valence-electron chi connectivity index (χ4n) is 1.96. The minimum atomic E-state index is -4.38. The Morgan fingerprint density at radius 2 is 1.79 bits per heavy atom. The Morgan fingerprint density at radius 3 is 2.26 bits per heavy atom. The molecule has 0 saturated heterocycles. The zero-order valence-corrected chi connectivity index (χ0v) is 10.5. The molecular weight excluding hydrogens is 257 g/mol. The molecule has 0 aliphatic rings. The van der Waals surface area contributed by atoms with E-state index < -0.39 is 17.8 Å². The van der Waals surface area contributed by atoms with Crippen LogP contribution in [-0.4, -0.2) is 5.11 Å². The first-order valence-electron chi connectivity index (χ1n) is 5.70. The molecule has 2 rings (SSSR count). The van der Waals surface area contributed by atoms with Crippen molar-refractivity contribution in [1.82, 2.24) is 0 Å². The SMILES string of the molecule is Cc1cc(C(F)(F)F)ccc1C(O)c1occc1C. The normalized spacial score (nSPS) is 13.6. The Bertz CT molecular complexity index is 585. The molecule has 0 spiro atoms. The standard InChI is InChI=1S/C14H13F3O2/c1-8-5-6-19-13(8)12(18)11-4-3-10(7-9(11)2)14(15,16)17/h3-7,12,18H,1-2H3. The monoisotopic (exact) mass is 270 g/mol. The van der Waals surface area contributed by atoms with E-state index in [0.717, 1.165) is 17.7 Å². The van der Waals surface area contributed by atoms with Gasteiger partial charge in [0.05, 0.1) is 11.8 Å². The first kappa shape index (κ1) is 13.7. The molecule has 2 nitrogen and oxygen atoms in total. The number of rotatable bonds is 2. The molecule has 1 aromatic carbocycles. The van der Waals surface area contributed by atoms with E-state index in [9.17, 15) is 18.3 Å². The van der Waals surface area contributed by atoms with Crippen LogP contribution in [0.15, 0.2) is 34.9 Å². The number of hydrogen-bond donors (Lipinski definition) is 1. The van der Waals surface area contributed by atoms with E-state index in [2.05, 4.69) is 0 Å². The molecule has 1 heterocycles. The number of benzene rings is 1. The van der Waals surface area contributed by atoms with Gasteiger partial charge in [0.25, 0.3) is 0 Å². The number of furan rings is 1. The van der Waals surface area contributed by atoms with Crippen LogP contribution >= 0.6 is 0 Å². The molecule has 0 aliphatic heterocycles. The lowest BCUT2D eigenvalue weighted by atomic mass is 9.98. The Morgan fingerprint density at radius 1 is 1.11 bits per heavy atom. The van der Waals surface area contributed by atoms with Gasteiger partial charge in [-0.05, 0) is 48.7 Å². The minimum absolute atomic E-state index is 0.350. The van der Waals surface area contributed by atoms with Gasteiger partial charge < -0.3 is 9.52 Å². The molecule has 1 aromatic heterocycles. The van der Waals surface area contributed by atoms with E-state index in [4.69, 9.17) is 4.42 Å². The van der Waals surface area contributed by atoms with Crippen LogP contribution in [-0.2, 0) is 6.18 Å². The zero-order valence-electron chi connectivity index (χ0n) is 10.5. The van der Waals surface area contributed by atoms with Gasteiger partial charge in [0.2, 0.25) is 0 Å². The summed E-state index contributed by atoms with van der Waals surface area (Å²) in [6.07, 6.45) is -4.00. The van der Waals surface area contributed by atoms with Gasteiger partial charge in [0, 0.05) is 0 Å². The van der Waals surface area contributed by atoms with Crippen molar-refractivity contribution < 1.29 is 22.7 Å². The second kappa shape index (κ2) is 4.74. The molecule has 1 unspecified atom stereocenters. The number of aryl methyl sites for hydroxylation is 2. The van der Waals surface area contributed by atoms with Gasteiger partial charge in [-0.15, -0.1) is 0 Å². The lowest BCUT2D eigenvalue weighted by molar-refractivity contribution is -0.137. The summed E-state index contributed by atoms with van der Waals surface area (Å²) in [5, 5.41) is 10.2. The molecule has 1 N–H and O–H groups in total. The van der Waals surface area contributed by atoms with Gasteiger partial charge >= 0.3 is 6.18 Å². The van der Waals surface area contributed by atoms with Crippen LogP contribution < -0.4 is 0 Å². The number of aliphatic hydroxyl groups excluding tert-OH is 1. The highest BCUT2D eigenvalue weighted by atomic mass is 19.4. The molecule has 19 heavy (non-hydrogen) atoms. The van der Waals surface area contributed by atoms with Crippen molar-refractivity contribution in [3.63, 3.8) is 0 Å². The van der Waals surface area contributed by atoms with E-state index in [1.165, 1.54) is 19.3 Å². The van der Waals surface area contributed by atoms with Crippen molar-refractivity contribution in [3.05, 3.63) is 58.5 Å². The van der Waals surface area contributed by atoms with Crippen LogP contribution in [0.3, 0.4) is 0 Å². The predicted octanol–water partition coefficient (Wildman–Crippen LogP) is 4.00. The summed E-state index contributed by atoms with van der Waals surface area (Å²) in [7, 11) is 0. The van der Waals surface area contributed by atoms with E-state index in [1.807, 2.05) is 0 Å². The van der Waals surface area contributed by atoms with Gasteiger partial charge in [-0.3, -0.25) is 0 Å². The number of hydrogen-bond acceptors (Lipinski definition) is 2. The largest absolute Gasteiger partial charge is 0.466 e. The average molecular weight is 270 g/mol. The van der Waals surface area contributed by atoms with Gasteiger partial charge in [0.1, 0.15) is 11.9 Å². The summed E-state index contributed by atoms with van der Waals surface area (Å²) >= 11 is 0. The van der Waals surface area contributed by atoms with Crippen molar-refractivity contribution in [3.8, 4) is 0 Å². The molecule has 0 fully saturated rings. The molecule has 102 valence electrons. The summed E-state index contributed by atoms with van der Waals surface area (Å²) in [5.41, 5.74) is 0.813. The highest BCUT2D eigenvalue weighted by Gasteiger charge is 2.31. The molecule has 0 amide bonds. The first-order chi connectivity index (χ1) is 8.80. The highest BCUT2D eigenvalue weighted by Crippen LogP contribution is 2.33. The van der Waals surface area contributed by atoms with Crippen molar-refractivity contribution in [2.24, 2.45) is 0 Å². The summed E-state index contributed by atoms with van der Waals surface area (Å²) in [6.45, 7) is 3.30. The second-order valence-corrected chi connectivity index (χ2v) is 4.44. The van der Waals surface area contributed by atoms with E-state index in [-0.39, 0.29) is 0 Å². The average Bonchev–Trinajstić information content (AvgIpc) is 2.73. The maximum absolute atomic E-state index is 12.6. The maximum Gasteiger partial charge on any atom is 0.416 e. The third-order valence-electron chi connectivity index (χ3n) is 3.04. The lowest BCUT2D eigenvalue weighted by Crippen LogP contribution is -2.08. The third-order valence-corrected chi connectivity index (χ3v) is 3.04. The number of halogens is 3. The summed E-state index contributed by atoms with van der Waals surface area (Å²) in [6, 6.07) is 4.96. The molecule has 0 radical (unpaired) electrons. The van der Waals surface area contributed by atoms with Crippen molar-refractivity contribution >= 4 is 0 Å². The quantitative estimate of drug-likeness (QED) is 0.894. The van der Waals surface area contributed by atoms with Crippen LogP contribution in [0, 0.1) is 13.8 Å². The molecule has 5 heteroatoms. The molecule has 0 saturated carbocycles. The van der Waals surface area contributed by atoms with Crippen LogP contribution in [0.5, 0.6) is 0 Å². The minimum Gasteiger partial charge on any atom is -0.466 e. The second-order valence-electron chi connectivity index (χ2n) is 4.44. The number of aliphatic hydroxyl groups is 1. The Kier molecular flexibility index (Phi) is 3.41. The molecule has 0 bridgehead atoms. The van der Waals surface area contributed by atoms with Crippen LogP contribution in [0.25, 0.3) is 0 Å². The molecule has 0 aliphatic carbocycles. The van der Waals surface area contributed by atoms with Gasteiger partial charge in [0.15, 0.2) is 0 Å². The lowest BCUT2D eigenvalue weighted by Gasteiger charge is -2.15. The van der Waals surface area contributed by atoms with Gasteiger partial charge in [-0.1, -0.05) is 6.07 Å². The van der Waals surface area contributed by atoms with E-state index in [1.54, 1.807) is 13.0 Å². The summed E-state index contributed by atoms with van der Waals surface area (Å²) in [5.74, 6) is 0.350. The molecule has 2 aromatic rings. The summed E-state index contributed by atoms with van der Waals surface area (Å²) in [4.78, 5) is 0. The fourth-order valence-corrected chi connectivity index (χ4v) is 1.96. The zero-order chi connectivity index (χ0) is 14.2. The van der Waals surface area contributed by atoms with Crippen molar-refractivity contribution in [2.75, 3.05) is 0 Å². The van der Waals surface area contributed by atoms with Crippen LogP contribution in [0.2, 0.25) is 0 Å². The van der Waals surface area contributed by atoms with E-state index in [0.29, 0.717) is 16.9 Å². The first-order valence-corrected chi connectivity index (χ1v) is 5.70. The number of alkyl halides is 3. The summed E-state index contributed by atoms with van der Waals surface area (Å²) < 4.78 is 42.8. The van der Waals surface area contributed by atoms with Gasteiger partial charge in [-0.25, -0.2) is 0 Å². The van der Waals surface area contributed by atoms with Crippen LogP contribution in [0.4, 0.5) is 13.2 Å². The van der Waals surface area contributed by atoms with Crippen molar-refractivity contribution in [2.45, 2.75) is 26.1 Å². The van der Waals surface area contributed by atoms with Crippen LogP contribution in [0.1, 0.15) is 34.1 Å². The molecular formula is C14H13F3O2. The topological polar surface area (TPSA) is 33.4 Å². The van der Waals surface area contributed by atoms with Gasteiger partial charge in [-0.2, -0.15) is 13.2 Å². The third kappa shape index (κ3) is 2.66. The highest BCUT2D eigenvalue weighted by molar-refractivity contribution is 5.38. The Hall–Kier alpha value is -1.75. The van der Waals surface area contributed by atoms with Crippen molar-refractivity contribution in [1.29, 1.82) is 0 Å². The smallest absolute Gasteiger partial charge is 0.416 e. The Balaban J connectivity index is 2.39. The van der Waals surface area contributed by atoms with E-state index >= 15 is 0 Å². The fraction of sp³-hybridized carbons (Fsp3) is 0.286. The molecule has 1 atom stereocenters. The predicted molar refractivity (Wildman–Crippen MR) is 63.7 cm³/mol.